The number of thiophene rings is 2. The molecule has 5 aromatic rings. The summed E-state index contributed by atoms with van der Waals surface area (Å²) >= 11 is 2.66. The minimum atomic E-state index is -4.60. The van der Waals surface area contributed by atoms with Crippen molar-refractivity contribution in [2.24, 2.45) is 0 Å². The Balaban J connectivity index is 1.37. The number of para-hydroxylation sites is 2. The number of benzene rings is 3. The number of rotatable bonds is 1. The van der Waals surface area contributed by atoms with Gasteiger partial charge in [-0.15, -0.1) is 22.7 Å². The highest BCUT2D eigenvalue weighted by atomic mass is 32.1. The molecule has 0 amide bonds. The molecule has 2 aromatic heterocycles. The Labute approximate surface area is 247 Å². The first-order valence-corrected chi connectivity index (χ1v) is 15.2. The van der Waals surface area contributed by atoms with Crippen LogP contribution < -0.4 is 4.90 Å². The Morgan fingerprint density at radius 3 is 2.26 bits per heavy atom. The third-order valence-corrected chi connectivity index (χ3v) is 11.1. The van der Waals surface area contributed by atoms with Crippen LogP contribution in [0, 0.1) is 0 Å². The molecule has 2 aliphatic heterocycles. The Morgan fingerprint density at radius 1 is 0.810 bits per heavy atom. The number of Topliss-reactive ketones (excluding diaryl/α,β-unsaturated/α-hetero) is 2. The zero-order chi connectivity index (χ0) is 29.3. The van der Waals surface area contributed by atoms with E-state index < -0.39 is 28.6 Å². The number of fused-ring (bicyclic) bond motifs is 6. The van der Waals surface area contributed by atoms with Crippen LogP contribution in [0.4, 0.5) is 29.5 Å². The van der Waals surface area contributed by atoms with E-state index in [9.17, 15) is 9.59 Å². The highest BCUT2D eigenvalue weighted by Gasteiger charge is 2.60. The second kappa shape index (κ2) is 8.08. The number of hydrogen-bond donors (Lipinski definition) is 0. The van der Waals surface area contributed by atoms with Gasteiger partial charge in [0.25, 0.3) is 0 Å². The fourth-order valence-electron chi connectivity index (χ4n) is 6.86. The van der Waals surface area contributed by atoms with Gasteiger partial charge in [0.15, 0.2) is 11.6 Å². The van der Waals surface area contributed by atoms with E-state index in [1.54, 1.807) is 24.3 Å². The maximum atomic E-state index is 15.2. The van der Waals surface area contributed by atoms with E-state index in [0.29, 0.717) is 26.7 Å². The van der Waals surface area contributed by atoms with E-state index >= 15 is 13.2 Å². The first-order valence-electron chi connectivity index (χ1n) is 13.5. The number of allylic oxidation sites excluding steroid dienone is 1. The van der Waals surface area contributed by atoms with Crippen LogP contribution >= 0.6 is 22.7 Å². The molecule has 0 spiro atoms. The lowest BCUT2D eigenvalue weighted by Gasteiger charge is -2.49. The summed E-state index contributed by atoms with van der Waals surface area (Å²) in [5, 5.41) is 3.23. The van der Waals surface area contributed by atoms with E-state index in [4.69, 9.17) is 0 Å². The molecular weight excluding hydrogens is 576 g/mol. The number of alkyl halides is 3. The van der Waals surface area contributed by atoms with E-state index in [-0.39, 0.29) is 16.7 Å². The molecule has 0 bridgehead atoms. The Hall–Kier alpha value is -4.01. The molecular formula is C34H22F3NO2S2. The molecule has 3 aliphatic rings. The molecule has 0 saturated carbocycles. The third-order valence-electron chi connectivity index (χ3n) is 9.19. The molecule has 0 radical (unpaired) electrons. The number of nitrogens with zero attached hydrogens (tertiary/aromatic N) is 1. The summed E-state index contributed by atoms with van der Waals surface area (Å²) in [5.41, 5.74) is 1.37. The fraction of sp³-hybridized carbons (Fsp3) is 0.176. The van der Waals surface area contributed by atoms with E-state index in [0.717, 1.165) is 26.9 Å². The standard InChI is InChI=1S/C34H22F3NO2S2/c1-32(2)22-7-4-5-10-26(22)38-28-23(32)8-6-9-24(28)33(3,34(35,36)37)25-15-18(42-31(25)38)14-21-29(39)19-13-17-11-12-41-27(17)16-20(19)30(21)40/h4-16H,1-3H3/b21-14-. The van der Waals surface area contributed by atoms with Crippen molar-refractivity contribution < 1.29 is 22.8 Å². The van der Waals surface area contributed by atoms with Crippen molar-refractivity contribution in [3.05, 3.63) is 116 Å². The number of anilines is 3. The molecule has 0 fully saturated rings. The number of carbonyl (C=O) groups excluding carboxylic acids is 2. The van der Waals surface area contributed by atoms with Crippen molar-refractivity contribution in [1.29, 1.82) is 0 Å². The summed E-state index contributed by atoms with van der Waals surface area (Å²) < 4.78 is 46.6. The second-order valence-electron chi connectivity index (χ2n) is 11.7. The van der Waals surface area contributed by atoms with Gasteiger partial charge in [-0.3, -0.25) is 9.59 Å². The Kier molecular flexibility index (Phi) is 4.94. The predicted octanol–water partition coefficient (Wildman–Crippen LogP) is 9.72. The van der Waals surface area contributed by atoms with Gasteiger partial charge in [0.05, 0.1) is 16.9 Å². The normalized spacial score (nSPS) is 21.0. The van der Waals surface area contributed by atoms with Gasteiger partial charge in [0.1, 0.15) is 10.4 Å². The average molecular weight is 598 g/mol. The lowest BCUT2D eigenvalue weighted by Crippen LogP contribution is -2.46. The minimum absolute atomic E-state index is 0.0201. The van der Waals surface area contributed by atoms with Crippen LogP contribution in [0.1, 0.15) is 68.6 Å². The van der Waals surface area contributed by atoms with Gasteiger partial charge in [-0.05, 0) is 70.8 Å². The van der Waals surface area contributed by atoms with E-state index in [2.05, 4.69) is 0 Å². The van der Waals surface area contributed by atoms with E-state index in [1.807, 2.05) is 60.5 Å². The first kappa shape index (κ1) is 25.7. The van der Waals surface area contributed by atoms with Gasteiger partial charge in [-0.1, -0.05) is 50.2 Å². The van der Waals surface area contributed by atoms with Crippen molar-refractivity contribution in [3.63, 3.8) is 0 Å². The second-order valence-corrected chi connectivity index (χ2v) is 13.8. The third kappa shape index (κ3) is 3.06. The molecule has 208 valence electrons. The zero-order valence-electron chi connectivity index (χ0n) is 22.7. The predicted molar refractivity (Wildman–Crippen MR) is 162 cm³/mol. The Morgan fingerprint density at radius 2 is 1.50 bits per heavy atom. The lowest BCUT2D eigenvalue weighted by atomic mass is 9.66. The van der Waals surface area contributed by atoms with Crippen LogP contribution in [0.5, 0.6) is 0 Å². The number of carbonyl (C=O) groups is 2. The van der Waals surface area contributed by atoms with Gasteiger partial charge in [-0.2, -0.15) is 13.2 Å². The Bertz CT molecular complexity index is 2030. The van der Waals surface area contributed by atoms with E-state index in [1.165, 1.54) is 41.7 Å². The van der Waals surface area contributed by atoms with Gasteiger partial charge >= 0.3 is 6.18 Å². The highest BCUT2D eigenvalue weighted by molar-refractivity contribution is 7.17. The molecule has 1 unspecified atom stereocenters. The van der Waals surface area contributed by atoms with Crippen LogP contribution in [0.2, 0.25) is 0 Å². The molecule has 1 atom stereocenters. The summed E-state index contributed by atoms with van der Waals surface area (Å²) in [5.74, 6) is -0.797. The van der Waals surface area contributed by atoms with Crippen molar-refractivity contribution in [2.45, 2.75) is 37.8 Å². The lowest BCUT2D eigenvalue weighted by molar-refractivity contribution is -0.173. The molecule has 0 saturated heterocycles. The van der Waals surface area contributed by atoms with Crippen LogP contribution in [0.3, 0.4) is 0 Å². The van der Waals surface area contributed by atoms with Crippen molar-refractivity contribution >= 4 is 66.8 Å². The molecule has 3 nitrogen and oxygen atoms in total. The molecule has 3 aromatic carbocycles. The van der Waals surface area contributed by atoms with Crippen LogP contribution in [-0.2, 0) is 10.8 Å². The summed E-state index contributed by atoms with van der Waals surface area (Å²) in [4.78, 5) is 29.2. The number of halogens is 3. The van der Waals surface area contributed by atoms with Crippen molar-refractivity contribution in [1.82, 2.24) is 0 Å². The van der Waals surface area contributed by atoms with Crippen molar-refractivity contribution in [2.75, 3.05) is 4.90 Å². The molecule has 8 heteroatoms. The summed E-state index contributed by atoms with van der Waals surface area (Å²) in [6.45, 7) is 5.33. The van der Waals surface area contributed by atoms with Crippen LogP contribution in [-0.4, -0.2) is 17.7 Å². The minimum Gasteiger partial charge on any atom is -0.301 e. The summed E-state index contributed by atoms with van der Waals surface area (Å²) in [6.07, 6.45) is -3.12. The molecule has 0 N–H and O–H groups in total. The van der Waals surface area contributed by atoms with Crippen molar-refractivity contribution in [3.8, 4) is 0 Å². The largest absolute Gasteiger partial charge is 0.402 e. The molecule has 1 aliphatic carbocycles. The van der Waals surface area contributed by atoms with Gasteiger partial charge in [0.2, 0.25) is 0 Å². The molecule has 4 heterocycles. The fourth-order valence-corrected chi connectivity index (χ4v) is 8.90. The summed E-state index contributed by atoms with van der Waals surface area (Å²) in [7, 11) is 0. The molecule has 8 rings (SSSR count). The SMILES string of the molecule is CC1(C)c2ccccc2N2c3sc(/C=C4/C(=O)c5cc6ccsc6cc5C4=O)cc3C(C)(C(F)(F)F)c3cccc1c32. The summed E-state index contributed by atoms with van der Waals surface area (Å²) in [6, 6.07) is 19.9. The highest BCUT2D eigenvalue weighted by Crippen LogP contribution is 2.64. The molecule has 42 heavy (non-hydrogen) atoms. The average Bonchev–Trinajstić information content (AvgIpc) is 3.65. The van der Waals surface area contributed by atoms with Gasteiger partial charge < -0.3 is 4.90 Å². The smallest absolute Gasteiger partial charge is 0.301 e. The maximum absolute atomic E-state index is 15.2. The number of hydrogen-bond acceptors (Lipinski definition) is 5. The van der Waals surface area contributed by atoms with Crippen LogP contribution in [0.25, 0.3) is 16.2 Å². The quantitative estimate of drug-likeness (QED) is 0.143. The van der Waals surface area contributed by atoms with Crippen LogP contribution in [0.15, 0.2) is 77.7 Å². The van der Waals surface area contributed by atoms with Gasteiger partial charge in [0, 0.05) is 31.7 Å². The topological polar surface area (TPSA) is 37.4 Å². The van der Waals surface area contributed by atoms with Gasteiger partial charge in [-0.25, -0.2) is 0 Å². The number of ketones is 2. The zero-order valence-corrected chi connectivity index (χ0v) is 24.4. The monoisotopic (exact) mass is 597 g/mol. The first-order chi connectivity index (χ1) is 19.9. The maximum Gasteiger partial charge on any atom is 0.402 e.